The van der Waals surface area contributed by atoms with E-state index >= 15 is 0 Å². The summed E-state index contributed by atoms with van der Waals surface area (Å²) < 4.78 is 27.5. The second kappa shape index (κ2) is 11.2. The van der Waals surface area contributed by atoms with Gasteiger partial charge in [0.1, 0.15) is 12.1 Å². The monoisotopic (exact) mass is 595 g/mol. The van der Waals surface area contributed by atoms with E-state index in [2.05, 4.69) is 26.3 Å². The Hall–Kier alpha value is -2.12. The van der Waals surface area contributed by atoms with E-state index in [9.17, 15) is 13.2 Å². The van der Waals surface area contributed by atoms with Gasteiger partial charge in [-0.05, 0) is 68.0 Å². The summed E-state index contributed by atoms with van der Waals surface area (Å²) >= 11 is 14.3. The zero-order valence-electron chi connectivity index (χ0n) is 20.6. The number of likely N-dealkylation sites (N-methyl/N-ethyl adjacent to an activating group) is 1. The van der Waals surface area contributed by atoms with Crippen LogP contribution >= 0.6 is 34.5 Å². The van der Waals surface area contributed by atoms with Gasteiger partial charge >= 0.3 is 10.3 Å². The number of carbonyl (C=O) groups is 1. The van der Waals surface area contributed by atoms with E-state index in [1.807, 2.05) is 25.2 Å². The van der Waals surface area contributed by atoms with Crippen LogP contribution in [-0.2, 0) is 20.9 Å². The topological polar surface area (TPSA) is 128 Å². The van der Waals surface area contributed by atoms with Crippen molar-refractivity contribution in [3.63, 3.8) is 0 Å². The van der Waals surface area contributed by atoms with Crippen LogP contribution in [0, 0.1) is 5.92 Å². The molecule has 1 saturated carbocycles. The van der Waals surface area contributed by atoms with Crippen molar-refractivity contribution in [1.29, 1.82) is 0 Å². The Kier molecular flexibility index (Phi) is 8.07. The molecule has 0 bridgehead atoms. The predicted octanol–water partition coefficient (Wildman–Crippen LogP) is 4.45. The van der Waals surface area contributed by atoms with Gasteiger partial charge < -0.3 is 5.32 Å². The third kappa shape index (κ3) is 6.04. The van der Waals surface area contributed by atoms with Crippen LogP contribution in [0.1, 0.15) is 57.2 Å². The number of nitrogens with two attached hydrogens (primary N) is 1. The zero-order valence-corrected chi connectivity index (χ0v) is 23.7. The number of halogens is 2. The highest BCUT2D eigenvalue weighted by molar-refractivity contribution is 7.84. The smallest absolute Gasteiger partial charge is 0.333 e. The predicted molar refractivity (Wildman–Crippen MR) is 148 cm³/mol. The molecule has 1 aromatic carbocycles. The lowest BCUT2D eigenvalue weighted by Crippen LogP contribution is -2.32. The van der Waals surface area contributed by atoms with Gasteiger partial charge in [-0.2, -0.15) is 8.42 Å². The summed E-state index contributed by atoms with van der Waals surface area (Å²) in [7, 11) is -1.93. The molecule has 3 atom stereocenters. The second-order valence-electron chi connectivity index (χ2n) is 9.73. The van der Waals surface area contributed by atoms with Crippen LogP contribution in [0.25, 0.3) is 0 Å². The summed E-state index contributed by atoms with van der Waals surface area (Å²) in [5.74, 6) is 0.249. The standard InChI is InChI=1S/C25H27Cl2N5O4S2/c1-32-7-6-15-3-4-16(26)9-18(15)22(32)19-10-21(37-24(19)27)23(33)20-11-29-13-30-25(20)31-17-5-2-14(8-17)12-36-38(28,34)35/h3-4,9-11,13-14,17,22H,2,5-8,12H2,1H3,(H2,28,34,35)(H,29,30,31)/t14-,17+,22?/m1/s1. The number of hydrogen-bond donors (Lipinski definition) is 2. The van der Waals surface area contributed by atoms with Gasteiger partial charge in [0.05, 0.1) is 27.4 Å². The molecule has 5 rings (SSSR count). The van der Waals surface area contributed by atoms with Gasteiger partial charge in [-0.25, -0.2) is 15.1 Å². The molecule has 38 heavy (non-hydrogen) atoms. The number of carbonyl (C=O) groups excluding carboxylic acids is 1. The third-order valence-corrected chi connectivity index (χ3v) is 9.20. The number of rotatable bonds is 8. The van der Waals surface area contributed by atoms with Crippen molar-refractivity contribution >= 4 is 56.4 Å². The summed E-state index contributed by atoms with van der Waals surface area (Å²) in [6, 6.07) is 7.68. The average molecular weight is 597 g/mol. The summed E-state index contributed by atoms with van der Waals surface area (Å²) in [5.41, 5.74) is 3.53. The lowest BCUT2D eigenvalue weighted by Gasteiger charge is -2.34. The molecule has 9 nitrogen and oxygen atoms in total. The summed E-state index contributed by atoms with van der Waals surface area (Å²) in [6.07, 6.45) is 6.02. The molecule has 1 aliphatic heterocycles. The first kappa shape index (κ1) is 27.4. The van der Waals surface area contributed by atoms with Gasteiger partial charge in [0.25, 0.3) is 0 Å². The van der Waals surface area contributed by atoms with E-state index in [0.29, 0.717) is 32.0 Å². The van der Waals surface area contributed by atoms with Gasteiger partial charge in [0.15, 0.2) is 0 Å². The van der Waals surface area contributed by atoms with Crippen LogP contribution in [0.2, 0.25) is 9.36 Å². The summed E-state index contributed by atoms with van der Waals surface area (Å²) in [6.45, 7) is 0.896. The number of anilines is 1. The number of thiophene rings is 1. The molecule has 1 aliphatic carbocycles. The maximum atomic E-state index is 13.6. The van der Waals surface area contributed by atoms with Crippen molar-refractivity contribution in [1.82, 2.24) is 14.9 Å². The van der Waals surface area contributed by atoms with E-state index in [1.54, 1.807) is 0 Å². The minimum absolute atomic E-state index is 0.00477. The van der Waals surface area contributed by atoms with Gasteiger partial charge in [-0.1, -0.05) is 29.3 Å². The number of benzene rings is 1. The Morgan fingerprint density at radius 1 is 1.26 bits per heavy atom. The Labute approximate surface area is 235 Å². The Morgan fingerprint density at radius 3 is 2.87 bits per heavy atom. The fourth-order valence-corrected chi connectivity index (χ4v) is 7.12. The van der Waals surface area contributed by atoms with Crippen LogP contribution < -0.4 is 10.5 Å². The molecule has 0 saturated heterocycles. The zero-order chi connectivity index (χ0) is 27.0. The molecule has 3 N–H and O–H groups in total. The van der Waals surface area contributed by atoms with E-state index in [1.165, 1.54) is 29.4 Å². The summed E-state index contributed by atoms with van der Waals surface area (Å²) in [4.78, 5) is 24.8. The van der Waals surface area contributed by atoms with Gasteiger partial charge in [0, 0.05) is 29.4 Å². The normalized spacial score (nSPS) is 21.8. The average Bonchev–Trinajstić information content (AvgIpc) is 3.48. The molecule has 1 unspecified atom stereocenters. The first-order valence-electron chi connectivity index (χ1n) is 12.1. The fourth-order valence-electron chi connectivity index (χ4n) is 5.28. The van der Waals surface area contributed by atoms with Gasteiger partial charge in [-0.15, -0.1) is 11.3 Å². The molecule has 3 aromatic rings. The van der Waals surface area contributed by atoms with Crippen molar-refractivity contribution < 1.29 is 17.4 Å². The Balaban J connectivity index is 1.36. The van der Waals surface area contributed by atoms with Crippen molar-refractivity contribution in [2.45, 2.75) is 37.8 Å². The first-order chi connectivity index (χ1) is 18.1. The molecule has 2 aromatic heterocycles. The Morgan fingerprint density at radius 2 is 2.08 bits per heavy atom. The maximum absolute atomic E-state index is 13.6. The van der Waals surface area contributed by atoms with E-state index < -0.39 is 10.3 Å². The van der Waals surface area contributed by atoms with Crippen molar-refractivity contribution in [2.24, 2.45) is 11.1 Å². The highest BCUT2D eigenvalue weighted by Crippen LogP contribution is 2.42. The lowest BCUT2D eigenvalue weighted by atomic mass is 9.89. The molecule has 1 fully saturated rings. The van der Waals surface area contributed by atoms with Crippen LogP contribution in [0.4, 0.5) is 5.82 Å². The number of nitrogens with one attached hydrogen (secondary N) is 1. The first-order valence-corrected chi connectivity index (χ1v) is 15.2. The molecule has 0 radical (unpaired) electrons. The SMILES string of the molecule is CN1CCc2ccc(Cl)cc2C1c1cc(C(=O)c2cncnc2N[C@H]2CC[C@@H](COS(N)(=O)=O)C2)sc1Cl. The number of aromatic nitrogens is 2. The molecule has 202 valence electrons. The number of hydrogen-bond acceptors (Lipinski definition) is 9. The minimum Gasteiger partial charge on any atom is -0.367 e. The van der Waals surface area contributed by atoms with E-state index in [0.717, 1.165) is 36.9 Å². The van der Waals surface area contributed by atoms with E-state index in [-0.39, 0.29) is 30.4 Å². The van der Waals surface area contributed by atoms with Crippen molar-refractivity contribution in [3.8, 4) is 0 Å². The van der Waals surface area contributed by atoms with E-state index in [4.69, 9.17) is 32.5 Å². The van der Waals surface area contributed by atoms with Gasteiger partial charge in [-0.3, -0.25) is 13.9 Å². The molecule has 2 aliphatic rings. The molecular weight excluding hydrogens is 569 g/mol. The van der Waals surface area contributed by atoms with Crippen LogP contribution in [0.15, 0.2) is 36.8 Å². The number of nitrogens with zero attached hydrogens (tertiary/aromatic N) is 3. The Bertz CT molecular complexity index is 1470. The van der Waals surface area contributed by atoms with Crippen molar-refractivity contribution in [2.75, 3.05) is 25.5 Å². The van der Waals surface area contributed by atoms with Crippen LogP contribution in [0.5, 0.6) is 0 Å². The third-order valence-electron chi connectivity index (χ3n) is 7.12. The highest BCUT2D eigenvalue weighted by atomic mass is 35.5. The number of fused-ring (bicyclic) bond motifs is 1. The minimum atomic E-state index is -3.97. The molecule has 0 amide bonds. The molecule has 3 heterocycles. The molecular formula is C25H27Cl2N5O4S2. The van der Waals surface area contributed by atoms with Crippen LogP contribution in [0.3, 0.4) is 0 Å². The fraction of sp³-hybridized carbons (Fsp3) is 0.400. The van der Waals surface area contributed by atoms with Crippen molar-refractivity contribution in [3.05, 3.63) is 73.3 Å². The largest absolute Gasteiger partial charge is 0.367 e. The van der Waals surface area contributed by atoms with Gasteiger partial charge in [0.2, 0.25) is 5.78 Å². The second-order valence-corrected chi connectivity index (χ2v) is 13.0. The number of ketones is 1. The summed E-state index contributed by atoms with van der Waals surface area (Å²) in [5, 5.41) is 8.94. The highest BCUT2D eigenvalue weighted by Gasteiger charge is 2.32. The quantitative estimate of drug-likeness (QED) is 0.365. The maximum Gasteiger partial charge on any atom is 0.333 e. The van der Waals surface area contributed by atoms with Crippen LogP contribution in [-0.4, -0.2) is 55.3 Å². The lowest BCUT2D eigenvalue weighted by molar-refractivity contribution is 0.104. The molecule has 13 heteroatoms. The molecule has 0 spiro atoms.